The van der Waals surface area contributed by atoms with Crippen molar-refractivity contribution in [3.05, 3.63) is 28.2 Å². The second kappa shape index (κ2) is 8.20. The molecule has 0 aliphatic rings. The Labute approximate surface area is 124 Å². The first-order valence-corrected chi connectivity index (χ1v) is 7.71. The molecule has 1 atom stereocenters. The molecule has 1 unspecified atom stereocenters. The number of carbonyl (C=O) groups is 1. The number of anilines is 1. The monoisotopic (exact) mass is 326 g/mol. The molecule has 0 aliphatic carbocycles. The van der Waals surface area contributed by atoms with E-state index in [1.807, 2.05) is 0 Å². The molecule has 106 valence electrons. The molecule has 0 aromatic heterocycles. The van der Waals surface area contributed by atoms with Crippen LogP contribution in [0.4, 0.5) is 5.69 Å². The molecule has 1 amide bonds. The first-order chi connectivity index (χ1) is 9.10. The zero-order chi connectivity index (χ0) is 14.3. The predicted molar refractivity (Wildman–Crippen MR) is 84.2 cm³/mol. The molecule has 1 aromatic rings. The number of halogens is 1. The molecule has 0 aliphatic heterocycles. The summed E-state index contributed by atoms with van der Waals surface area (Å²) in [6, 6.07) is 5.35. The lowest BCUT2D eigenvalue weighted by molar-refractivity contribution is 0.0945. The average Bonchev–Trinajstić information content (AvgIpc) is 2.42. The van der Waals surface area contributed by atoms with Crippen LogP contribution >= 0.6 is 15.9 Å². The van der Waals surface area contributed by atoms with Gasteiger partial charge in [0.15, 0.2) is 0 Å². The summed E-state index contributed by atoms with van der Waals surface area (Å²) < 4.78 is 0.675. The fourth-order valence-corrected chi connectivity index (χ4v) is 2.45. The molecule has 1 aromatic carbocycles. The highest BCUT2D eigenvalue weighted by atomic mass is 79.9. The molecule has 4 heteroatoms. The second-order valence-corrected chi connectivity index (χ2v) is 5.63. The molecular formula is C15H23BrN2O. The van der Waals surface area contributed by atoms with Crippen molar-refractivity contribution < 1.29 is 4.79 Å². The number of nitrogen functional groups attached to an aromatic ring is 1. The van der Waals surface area contributed by atoms with Crippen molar-refractivity contribution in [1.29, 1.82) is 0 Å². The van der Waals surface area contributed by atoms with Crippen LogP contribution in [0.1, 0.15) is 49.9 Å². The van der Waals surface area contributed by atoms with Crippen molar-refractivity contribution in [2.45, 2.75) is 39.5 Å². The minimum absolute atomic E-state index is 0.0610. The summed E-state index contributed by atoms with van der Waals surface area (Å²) in [5, 5.41) is 3.00. The molecule has 0 radical (unpaired) electrons. The lowest BCUT2D eigenvalue weighted by Crippen LogP contribution is -2.29. The van der Waals surface area contributed by atoms with E-state index in [4.69, 9.17) is 5.73 Å². The number of nitrogens with two attached hydrogens (primary N) is 1. The Bertz CT molecular complexity index is 421. The van der Waals surface area contributed by atoms with Crippen LogP contribution in [0.3, 0.4) is 0 Å². The molecule has 1 rings (SSSR count). The van der Waals surface area contributed by atoms with Gasteiger partial charge in [-0.1, -0.05) is 39.2 Å². The molecular weight excluding hydrogens is 304 g/mol. The smallest absolute Gasteiger partial charge is 0.252 e. The average molecular weight is 327 g/mol. The van der Waals surface area contributed by atoms with Gasteiger partial charge in [-0.15, -0.1) is 0 Å². The molecule has 0 saturated heterocycles. The molecule has 3 N–H and O–H groups in total. The first-order valence-electron chi connectivity index (χ1n) is 6.92. The third-order valence-electron chi connectivity index (χ3n) is 3.37. The SMILES string of the molecule is CCCCC(CC)CNC(=O)c1cccc(N)c1Br. The second-order valence-electron chi connectivity index (χ2n) is 4.84. The number of amides is 1. The van der Waals surface area contributed by atoms with Crippen molar-refractivity contribution in [2.24, 2.45) is 5.92 Å². The molecule has 0 bridgehead atoms. The number of rotatable bonds is 7. The van der Waals surface area contributed by atoms with E-state index < -0.39 is 0 Å². The highest BCUT2D eigenvalue weighted by molar-refractivity contribution is 9.10. The number of benzene rings is 1. The van der Waals surface area contributed by atoms with Gasteiger partial charge in [-0.25, -0.2) is 0 Å². The standard InChI is InChI=1S/C15H23BrN2O/c1-3-5-7-11(4-2)10-18-15(19)12-8-6-9-13(17)14(12)16/h6,8-9,11H,3-5,7,10,17H2,1-2H3,(H,18,19). The summed E-state index contributed by atoms with van der Waals surface area (Å²) in [6.45, 7) is 5.09. The van der Waals surface area contributed by atoms with E-state index in [2.05, 4.69) is 35.1 Å². The maximum atomic E-state index is 12.1. The van der Waals surface area contributed by atoms with Crippen LogP contribution < -0.4 is 11.1 Å². The summed E-state index contributed by atoms with van der Waals surface area (Å²) in [6.07, 6.45) is 4.69. The van der Waals surface area contributed by atoms with Crippen molar-refractivity contribution in [2.75, 3.05) is 12.3 Å². The van der Waals surface area contributed by atoms with Gasteiger partial charge in [0, 0.05) is 12.2 Å². The summed E-state index contributed by atoms with van der Waals surface area (Å²) in [4.78, 5) is 12.1. The Morgan fingerprint density at radius 3 is 2.79 bits per heavy atom. The van der Waals surface area contributed by atoms with E-state index in [0.717, 1.165) is 13.0 Å². The van der Waals surface area contributed by atoms with Gasteiger partial charge in [0.2, 0.25) is 0 Å². The van der Waals surface area contributed by atoms with E-state index in [0.29, 0.717) is 21.6 Å². The number of carbonyl (C=O) groups excluding carboxylic acids is 1. The first kappa shape index (κ1) is 16.0. The molecule has 3 nitrogen and oxygen atoms in total. The maximum absolute atomic E-state index is 12.1. The molecule has 0 spiro atoms. The minimum atomic E-state index is -0.0610. The predicted octanol–water partition coefficient (Wildman–Crippen LogP) is 3.98. The van der Waals surface area contributed by atoms with Gasteiger partial charge < -0.3 is 11.1 Å². The van der Waals surface area contributed by atoms with E-state index >= 15 is 0 Å². The van der Waals surface area contributed by atoms with Gasteiger partial charge >= 0.3 is 0 Å². The van der Waals surface area contributed by atoms with Crippen molar-refractivity contribution >= 4 is 27.5 Å². The molecule has 0 fully saturated rings. The van der Waals surface area contributed by atoms with Gasteiger partial charge in [0.25, 0.3) is 5.91 Å². The Hall–Kier alpha value is -1.03. The van der Waals surface area contributed by atoms with Crippen LogP contribution in [-0.4, -0.2) is 12.5 Å². The highest BCUT2D eigenvalue weighted by Gasteiger charge is 2.13. The third kappa shape index (κ3) is 4.86. The van der Waals surface area contributed by atoms with Crippen LogP contribution in [-0.2, 0) is 0 Å². The van der Waals surface area contributed by atoms with E-state index in [1.165, 1.54) is 19.3 Å². The van der Waals surface area contributed by atoms with Crippen LogP contribution in [0, 0.1) is 5.92 Å². The van der Waals surface area contributed by atoms with Crippen LogP contribution in [0.2, 0.25) is 0 Å². The summed E-state index contributed by atoms with van der Waals surface area (Å²) in [7, 11) is 0. The van der Waals surface area contributed by atoms with Crippen molar-refractivity contribution in [3.8, 4) is 0 Å². The topological polar surface area (TPSA) is 55.1 Å². The highest BCUT2D eigenvalue weighted by Crippen LogP contribution is 2.23. The summed E-state index contributed by atoms with van der Waals surface area (Å²) >= 11 is 3.36. The lowest BCUT2D eigenvalue weighted by atomic mass is 9.99. The van der Waals surface area contributed by atoms with Crippen LogP contribution in [0.25, 0.3) is 0 Å². The van der Waals surface area contributed by atoms with Gasteiger partial charge in [0.1, 0.15) is 0 Å². The van der Waals surface area contributed by atoms with E-state index in [9.17, 15) is 4.79 Å². The zero-order valence-electron chi connectivity index (χ0n) is 11.7. The fraction of sp³-hybridized carbons (Fsp3) is 0.533. The Kier molecular flexibility index (Phi) is 6.92. The number of hydrogen-bond acceptors (Lipinski definition) is 2. The van der Waals surface area contributed by atoms with Gasteiger partial charge in [-0.05, 0) is 40.4 Å². The van der Waals surface area contributed by atoms with Crippen LogP contribution in [0.5, 0.6) is 0 Å². The number of unbranched alkanes of at least 4 members (excludes halogenated alkanes) is 1. The fourth-order valence-electron chi connectivity index (χ4n) is 2.00. The van der Waals surface area contributed by atoms with Gasteiger partial charge in [-0.3, -0.25) is 4.79 Å². The molecule has 0 heterocycles. The summed E-state index contributed by atoms with van der Waals surface area (Å²) in [5.74, 6) is 0.498. The van der Waals surface area contributed by atoms with Gasteiger partial charge in [-0.2, -0.15) is 0 Å². The van der Waals surface area contributed by atoms with Crippen molar-refractivity contribution in [1.82, 2.24) is 5.32 Å². The van der Waals surface area contributed by atoms with E-state index in [-0.39, 0.29) is 5.91 Å². The van der Waals surface area contributed by atoms with Gasteiger partial charge in [0.05, 0.1) is 10.0 Å². The van der Waals surface area contributed by atoms with Crippen molar-refractivity contribution in [3.63, 3.8) is 0 Å². The largest absolute Gasteiger partial charge is 0.398 e. The normalized spacial score (nSPS) is 12.2. The lowest BCUT2D eigenvalue weighted by Gasteiger charge is -2.16. The zero-order valence-corrected chi connectivity index (χ0v) is 13.3. The quantitative estimate of drug-likeness (QED) is 0.744. The number of hydrogen-bond donors (Lipinski definition) is 2. The molecule has 0 saturated carbocycles. The molecule has 19 heavy (non-hydrogen) atoms. The maximum Gasteiger partial charge on any atom is 0.252 e. The third-order valence-corrected chi connectivity index (χ3v) is 4.25. The minimum Gasteiger partial charge on any atom is -0.398 e. The van der Waals surface area contributed by atoms with E-state index in [1.54, 1.807) is 18.2 Å². The summed E-state index contributed by atoms with van der Waals surface area (Å²) in [5.41, 5.74) is 6.97. The Morgan fingerprint density at radius 1 is 1.42 bits per heavy atom. The Balaban J connectivity index is 2.57. The Morgan fingerprint density at radius 2 is 2.16 bits per heavy atom. The van der Waals surface area contributed by atoms with Crippen LogP contribution in [0.15, 0.2) is 22.7 Å². The number of nitrogens with one attached hydrogen (secondary N) is 1.